The molecule has 1 nitrogen and oxygen atoms in total. The Morgan fingerprint density at radius 2 is 0.641 bits per heavy atom. The molecule has 0 aromatic heterocycles. The molecule has 0 heterocycles. The standard InChI is InChI=1S/4C4H6F3.2C4H9.O.2Sn/c4*1-2-3(5)4(6)7;2*1-4(2)3;;;/h4*3H,2H2,1H3;2*4H,1H2,2-3H3;;;. The Bertz CT molecular complexity index is 647. The van der Waals surface area contributed by atoms with Gasteiger partial charge in [0.25, 0.3) is 0 Å². The van der Waals surface area contributed by atoms with E-state index in [9.17, 15) is 17.6 Å². The van der Waals surface area contributed by atoms with Crippen molar-refractivity contribution in [2.24, 2.45) is 11.8 Å². The van der Waals surface area contributed by atoms with E-state index in [4.69, 9.17) is 1.41 Å². The SMILES string of the molecule is CCC(F)[C](F)(F)[Sn]([CH2]C(C)C)([O][Sn]([CH2]C(C)C)([C](F)(F)C(F)CC)[C](F)(F)C(F)CC)[C](F)(F)C(F)CC. The van der Waals surface area contributed by atoms with Crippen LogP contribution in [0.3, 0.4) is 0 Å². The molecule has 0 fully saturated rings. The van der Waals surface area contributed by atoms with E-state index in [2.05, 4.69) is 0 Å². The van der Waals surface area contributed by atoms with Crippen LogP contribution in [0, 0.1) is 11.8 Å². The van der Waals surface area contributed by atoms with E-state index in [1.165, 1.54) is 0 Å². The van der Waals surface area contributed by atoms with Crippen LogP contribution in [0.1, 0.15) is 81.1 Å². The Balaban J connectivity index is 8.36. The molecule has 0 aromatic carbocycles. The van der Waals surface area contributed by atoms with Crippen molar-refractivity contribution in [3.8, 4) is 0 Å². The number of hydrogen-bond donors (Lipinski definition) is 0. The molecule has 0 N–H and O–H groups in total. The molecule has 4 atom stereocenters. The minimum absolute atomic E-state index is 0.826. The van der Waals surface area contributed by atoms with E-state index < -0.39 is 124 Å². The Labute approximate surface area is 233 Å². The third kappa shape index (κ3) is 7.27. The van der Waals surface area contributed by atoms with E-state index in [0.717, 1.165) is 55.4 Å². The molecule has 0 bridgehead atoms. The van der Waals surface area contributed by atoms with Gasteiger partial charge in [-0.2, -0.15) is 0 Å². The molecule has 0 saturated carbocycles. The van der Waals surface area contributed by atoms with Gasteiger partial charge in [0, 0.05) is 0 Å². The summed E-state index contributed by atoms with van der Waals surface area (Å²) in [4.78, 5) is 0. The third-order valence-corrected chi connectivity index (χ3v) is 46.0. The molecule has 0 radical (unpaired) electrons. The molecule has 0 spiro atoms. The number of rotatable bonds is 18. The zero-order valence-corrected chi connectivity index (χ0v) is 29.4. The molecular formula is C24H42F12OSn2. The molecular weight excluding hydrogens is 770 g/mol. The fraction of sp³-hybridized carbons (Fsp3) is 1.00. The molecule has 0 saturated heterocycles. The van der Waals surface area contributed by atoms with Crippen molar-refractivity contribution in [1.29, 1.82) is 0 Å². The van der Waals surface area contributed by atoms with Gasteiger partial charge >= 0.3 is 234 Å². The second kappa shape index (κ2) is 14.5. The summed E-state index contributed by atoms with van der Waals surface area (Å²) in [5.41, 5.74) is 0. The number of halogens is 12. The summed E-state index contributed by atoms with van der Waals surface area (Å²) in [6.45, 7) is 7.60. The van der Waals surface area contributed by atoms with Gasteiger partial charge in [-0.1, -0.05) is 0 Å². The first-order chi connectivity index (χ1) is 17.5. The molecule has 236 valence electrons. The predicted octanol–water partition coefficient (Wildman–Crippen LogP) is 9.90. The first-order valence-electron chi connectivity index (χ1n) is 13.2. The van der Waals surface area contributed by atoms with Gasteiger partial charge in [0.1, 0.15) is 0 Å². The summed E-state index contributed by atoms with van der Waals surface area (Å²) in [7, 11) is 0. The maximum atomic E-state index is 16.0. The van der Waals surface area contributed by atoms with E-state index >= 15 is 35.1 Å². The fourth-order valence-electron chi connectivity index (χ4n) is 4.83. The third-order valence-electron chi connectivity index (χ3n) is 6.90. The monoisotopic (exact) mass is 814 g/mol. The quantitative estimate of drug-likeness (QED) is 0.0990. The normalized spacial score (nSPS) is 20.5. The molecule has 0 aromatic rings. The van der Waals surface area contributed by atoms with Crippen LogP contribution >= 0.6 is 0 Å². The Kier molecular flexibility index (Phi) is 14.7. The van der Waals surface area contributed by atoms with Crippen LogP contribution < -0.4 is 0 Å². The topological polar surface area (TPSA) is 9.23 Å². The summed E-state index contributed by atoms with van der Waals surface area (Å²) in [5.74, 6) is -2.59. The van der Waals surface area contributed by atoms with E-state index in [1.807, 2.05) is 0 Å². The van der Waals surface area contributed by atoms with Crippen molar-refractivity contribution < 1.29 is 54.1 Å². The van der Waals surface area contributed by atoms with Gasteiger partial charge in [-0.25, -0.2) is 0 Å². The first-order valence-corrected chi connectivity index (χ1v) is 25.3. The van der Waals surface area contributed by atoms with Crippen LogP contribution in [0.5, 0.6) is 0 Å². The molecule has 0 aliphatic heterocycles. The summed E-state index contributed by atoms with van der Waals surface area (Å²) in [6, 6.07) is 0. The maximum absolute atomic E-state index is 16.0. The van der Waals surface area contributed by atoms with Gasteiger partial charge in [0.2, 0.25) is 0 Å². The summed E-state index contributed by atoms with van der Waals surface area (Å²) in [5, 5.41) is 0. The molecule has 4 unspecified atom stereocenters. The van der Waals surface area contributed by atoms with E-state index in [-0.39, 0.29) is 0 Å². The van der Waals surface area contributed by atoms with Crippen LogP contribution in [0.2, 0.25) is 8.87 Å². The number of hydrogen-bond acceptors (Lipinski definition) is 1. The van der Waals surface area contributed by atoms with Crippen LogP contribution in [0.4, 0.5) is 52.7 Å². The van der Waals surface area contributed by atoms with Crippen LogP contribution in [-0.2, 0) is 1.41 Å². The second-order valence-corrected chi connectivity index (χ2v) is 34.8. The Hall–Kier alpha value is 0.717. The van der Waals surface area contributed by atoms with Crippen molar-refractivity contribution in [3.63, 3.8) is 0 Å². The Morgan fingerprint density at radius 1 is 0.462 bits per heavy atom. The van der Waals surface area contributed by atoms with Gasteiger partial charge in [0.15, 0.2) is 0 Å². The van der Waals surface area contributed by atoms with Crippen LogP contribution in [0.25, 0.3) is 0 Å². The van der Waals surface area contributed by atoms with Gasteiger partial charge in [-0.05, 0) is 0 Å². The molecule has 0 amide bonds. The van der Waals surface area contributed by atoms with Crippen molar-refractivity contribution in [2.75, 3.05) is 0 Å². The van der Waals surface area contributed by atoms with Crippen molar-refractivity contribution in [2.45, 2.75) is 130 Å². The Morgan fingerprint density at radius 3 is 0.769 bits per heavy atom. The molecule has 15 heteroatoms. The minimum atomic E-state index is -8.28. The second-order valence-electron chi connectivity index (χ2n) is 10.9. The summed E-state index contributed by atoms with van der Waals surface area (Å²) >= 11 is -16.6. The summed E-state index contributed by atoms with van der Waals surface area (Å²) < 4.78 is 168. The number of alkyl halides is 12. The van der Waals surface area contributed by atoms with Crippen molar-refractivity contribution in [3.05, 3.63) is 0 Å². The van der Waals surface area contributed by atoms with E-state index in [1.54, 1.807) is 0 Å². The summed E-state index contributed by atoms with van der Waals surface area (Å²) in [6.07, 6.45) is -18.5. The average Bonchev–Trinajstić information content (AvgIpc) is 2.83. The van der Waals surface area contributed by atoms with Gasteiger partial charge in [0.05, 0.1) is 0 Å². The zero-order chi connectivity index (χ0) is 31.4. The first kappa shape index (κ1) is 39.7. The fourth-order valence-corrected chi connectivity index (χ4v) is 53.9. The van der Waals surface area contributed by atoms with Gasteiger partial charge < -0.3 is 0 Å². The molecule has 0 aliphatic rings. The van der Waals surface area contributed by atoms with Gasteiger partial charge in [-0.15, -0.1) is 0 Å². The van der Waals surface area contributed by atoms with Gasteiger partial charge in [-0.3, -0.25) is 0 Å². The average molecular weight is 812 g/mol. The van der Waals surface area contributed by atoms with Crippen LogP contribution in [0.15, 0.2) is 0 Å². The van der Waals surface area contributed by atoms with Crippen molar-refractivity contribution in [1.82, 2.24) is 0 Å². The van der Waals surface area contributed by atoms with Crippen molar-refractivity contribution >= 4 is 37.6 Å². The van der Waals surface area contributed by atoms with E-state index in [0.29, 0.717) is 0 Å². The molecule has 0 aliphatic carbocycles. The molecule has 39 heavy (non-hydrogen) atoms. The van der Waals surface area contributed by atoms with Crippen LogP contribution in [-0.4, -0.2) is 78.0 Å². The predicted molar refractivity (Wildman–Crippen MR) is 132 cm³/mol. The zero-order valence-electron chi connectivity index (χ0n) is 23.7. The molecule has 0 rings (SSSR count).